The molecule has 5 nitrogen and oxygen atoms in total. The molecule has 0 unspecified atom stereocenters. The van der Waals surface area contributed by atoms with Crippen LogP contribution in [0.5, 0.6) is 0 Å². The van der Waals surface area contributed by atoms with Crippen molar-refractivity contribution in [1.82, 2.24) is 4.72 Å². The van der Waals surface area contributed by atoms with Crippen molar-refractivity contribution in [1.29, 1.82) is 0 Å². The number of hydrogen-bond acceptors (Lipinski definition) is 4. The summed E-state index contributed by atoms with van der Waals surface area (Å²) >= 11 is 3.23. The van der Waals surface area contributed by atoms with Crippen LogP contribution in [0, 0.1) is 6.92 Å². The van der Waals surface area contributed by atoms with Crippen LogP contribution in [0.4, 0.5) is 0 Å². The number of rotatable bonds is 6. The van der Waals surface area contributed by atoms with Gasteiger partial charge >= 0.3 is 5.97 Å². The third-order valence-corrected chi connectivity index (χ3v) is 4.46. The summed E-state index contributed by atoms with van der Waals surface area (Å²) in [6.07, 6.45) is 0.0140. The molecule has 0 aliphatic carbocycles. The van der Waals surface area contributed by atoms with Gasteiger partial charge in [-0.2, -0.15) is 0 Å². The van der Waals surface area contributed by atoms with Crippen LogP contribution in [0.2, 0.25) is 0 Å². The molecule has 0 aliphatic rings. The van der Waals surface area contributed by atoms with E-state index in [2.05, 4.69) is 20.7 Å². The van der Waals surface area contributed by atoms with E-state index in [0.717, 1.165) is 0 Å². The van der Waals surface area contributed by atoms with Gasteiger partial charge in [0.25, 0.3) is 0 Å². The van der Waals surface area contributed by atoms with Gasteiger partial charge in [0.2, 0.25) is 10.0 Å². The van der Waals surface area contributed by atoms with Crippen molar-refractivity contribution in [3.63, 3.8) is 0 Å². The first-order valence-corrected chi connectivity index (χ1v) is 8.06. The molecule has 1 aromatic carbocycles. The fraction of sp³-hybridized carbons (Fsp3) is 0.417. The number of benzene rings is 1. The molecule has 106 valence electrons. The molecule has 1 N–H and O–H groups in total. The van der Waals surface area contributed by atoms with Gasteiger partial charge in [-0.1, -0.05) is 22.0 Å². The Hall–Kier alpha value is -0.920. The number of aryl methyl sites for hydroxylation is 1. The Morgan fingerprint density at radius 2 is 2.11 bits per heavy atom. The molecule has 0 radical (unpaired) electrons. The van der Waals surface area contributed by atoms with Crippen LogP contribution in [0.25, 0.3) is 0 Å². The average Bonchev–Trinajstić information content (AvgIpc) is 2.32. The second-order valence-electron chi connectivity index (χ2n) is 3.86. The standard InChI is InChI=1S/C12H16BrNO4S/c1-3-18-12(15)6-7-14-19(16,17)11-8-10(13)5-4-9(11)2/h4-5,8,14H,3,6-7H2,1-2H3. The van der Waals surface area contributed by atoms with Crippen molar-refractivity contribution < 1.29 is 17.9 Å². The molecular formula is C12H16BrNO4S. The van der Waals surface area contributed by atoms with E-state index >= 15 is 0 Å². The summed E-state index contributed by atoms with van der Waals surface area (Å²) in [6, 6.07) is 5.01. The Bertz CT molecular complexity index is 557. The van der Waals surface area contributed by atoms with Crippen LogP contribution in [0.3, 0.4) is 0 Å². The summed E-state index contributed by atoms with van der Waals surface area (Å²) in [5.74, 6) is -0.420. The first-order valence-electron chi connectivity index (χ1n) is 5.78. The second kappa shape index (κ2) is 7.02. The van der Waals surface area contributed by atoms with Crippen LogP contribution >= 0.6 is 15.9 Å². The summed E-state index contributed by atoms with van der Waals surface area (Å²) in [6.45, 7) is 3.72. The van der Waals surface area contributed by atoms with E-state index in [4.69, 9.17) is 4.74 Å². The number of halogens is 1. The summed E-state index contributed by atoms with van der Waals surface area (Å²) < 4.78 is 31.9. The molecule has 0 amide bonds. The van der Waals surface area contributed by atoms with Gasteiger partial charge in [-0.3, -0.25) is 4.79 Å². The van der Waals surface area contributed by atoms with Gasteiger partial charge in [0.05, 0.1) is 17.9 Å². The van der Waals surface area contributed by atoms with Gasteiger partial charge in [0.1, 0.15) is 0 Å². The lowest BCUT2D eigenvalue weighted by Crippen LogP contribution is -2.27. The fourth-order valence-electron chi connectivity index (χ4n) is 1.46. The smallest absolute Gasteiger partial charge is 0.307 e. The molecule has 19 heavy (non-hydrogen) atoms. The highest BCUT2D eigenvalue weighted by Crippen LogP contribution is 2.20. The Labute approximate surface area is 121 Å². The lowest BCUT2D eigenvalue weighted by atomic mass is 10.2. The maximum absolute atomic E-state index is 12.1. The molecule has 7 heteroatoms. The first kappa shape index (κ1) is 16.1. The minimum absolute atomic E-state index is 0.0140. The molecule has 0 atom stereocenters. The minimum atomic E-state index is -3.61. The number of hydrogen-bond donors (Lipinski definition) is 1. The lowest BCUT2D eigenvalue weighted by Gasteiger charge is -2.09. The van der Waals surface area contributed by atoms with Crippen molar-refractivity contribution in [2.75, 3.05) is 13.2 Å². The molecule has 1 aromatic rings. The molecule has 0 bridgehead atoms. The highest BCUT2D eigenvalue weighted by molar-refractivity contribution is 9.10. The van der Waals surface area contributed by atoms with Crippen molar-refractivity contribution in [2.45, 2.75) is 25.2 Å². The van der Waals surface area contributed by atoms with Crippen molar-refractivity contribution in [3.05, 3.63) is 28.2 Å². The van der Waals surface area contributed by atoms with Crippen LogP contribution in [0.15, 0.2) is 27.6 Å². The predicted octanol–water partition coefficient (Wildman–Crippen LogP) is 1.99. The molecule has 0 heterocycles. The summed E-state index contributed by atoms with van der Waals surface area (Å²) in [5, 5.41) is 0. The quantitative estimate of drug-likeness (QED) is 0.797. The third kappa shape index (κ3) is 4.93. The Morgan fingerprint density at radius 3 is 2.74 bits per heavy atom. The van der Waals surface area contributed by atoms with Gasteiger partial charge in [0.15, 0.2) is 0 Å². The second-order valence-corrected chi connectivity index (χ2v) is 6.51. The number of carbonyl (C=O) groups excluding carboxylic acids is 1. The maximum Gasteiger partial charge on any atom is 0.307 e. The monoisotopic (exact) mass is 349 g/mol. The summed E-state index contributed by atoms with van der Waals surface area (Å²) in [5.41, 5.74) is 0.645. The lowest BCUT2D eigenvalue weighted by molar-refractivity contribution is -0.142. The summed E-state index contributed by atoms with van der Waals surface area (Å²) in [4.78, 5) is 11.3. The molecule has 1 rings (SSSR count). The molecule has 0 saturated heterocycles. The number of sulfonamides is 1. The van der Waals surface area contributed by atoms with E-state index in [1.807, 2.05) is 0 Å². The average molecular weight is 350 g/mol. The Kier molecular flexibility index (Phi) is 5.96. The maximum atomic E-state index is 12.1. The van der Waals surface area contributed by atoms with Gasteiger partial charge in [0, 0.05) is 11.0 Å². The molecule has 0 aliphatic heterocycles. The highest BCUT2D eigenvalue weighted by atomic mass is 79.9. The zero-order chi connectivity index (χ0) is 14.5. The fourth-order valence-corrected chi connectivity index (χ4v) is 3.27. The molecule has 0 saturated carbocycles. The SMILES string of the molecule is CCOC(=O)CCNS(=O)(=O)c1cc(Br)ccc1C. The molecule has 0 spiro atoms. The van der Waals surface area contributed by atoms with Gasteiger partial charge in [-0.25, -0.2) is 13.1 Å². The predicted molar refractivity (Wildman–Crippen MR) is 75.3 cm³/mol. The van der Waals surface area contributed by atoms with E-state index in [1.54, 1.807) is 26.0 Å². The molecule has 0 fully saturated rings. The van der Waals surface area contributed by atoms with Gasteiger partial charge in [-0.15, -0.1) is 0 Å². The highest BCUT2D eigenvalue weighted by Gasteiger charge is 2.17. The van der Waals surface area contributed by atoms with Crippen LogP contribution in [-0.4, -0.2) is 27.5 Å². The van der Waals surface area contributed by atoms with Crippen molar-refractivity contribution in [3.8, 4) is 0 Å². The minimum Gasteiger partial charge on any atom is -0.466 e. The van der Waals surface area contributed by atoms with Crippen molar-refractivity contribution in [2.24, 2.45) is 0 Å². The first-order chi connectivity index (χ1) is 8.86. The van der Waals surface area contributed by atoms with Crippen LogP contribution < -0.4 is 4.72 Å². The number of esters is 1. The number of ether oxygens (including phenoxy) is 1. The zero-order valence-electron chi connectivity index (χ0n) is 10.8. The van der Waals surface area contributed by atoms with Gasteiger partial charge < -0.3 is 4.74 Å². The Balaban J connectivity index is 2.71. The largest absolute Gasteiger partial charge is 0.466 e. The topological polar surface area (TPSA) is 72.5 Å². The van der Waals surface area contributed by atoms with E-state index in [1.165, 1.54) is 6.07 Å². The molecule has 0 aromatic heterocycles. The zero-order valence-corrected chi connectivity index (χ0v) is 13.2. The van der Waals surface area contributed by atoms with E-state index in [-0.39, 0.29) is 24.5 Å². The normalized spacial score (nSPS) is 11.3. The summed E-state index contributed by atoms with van der Waals surface area (Å²) in [7, 11) is -3.61. The number of nitrogens with one attached hydrogen (secondary N) is 1. The van der Waals surface area contributed by atoms with Crippen LogP contribution in [-0.2, 0) is 19.6 Å². The van der Waals surface area contributed by atoms with Gasteiger partial charge in [-0.05, 0) is 31.5 Å². The van der Waals surface area contributed by atoms with E-state index in [9.17, 15) is 13.2 Å². The van der Waals surface area contributed by atoms with Crippen molar-refractivity contribution >= 4 is 31.9 Å². The van der Waals surface area contributed by atoms with E-state index in [0.29, 0.717) is 10.0 Å². The Morgan fingerprint density at radius 1 is 1.42 bits per heavy atom. The molecular weight excluding hydrogens is 334 g/mol. The van der Waals surface area contributed by atoms with Crippen LogP contribution in [0.1, 0.15) is 18.9 Å². The number of carbonyl (C=O) groups is 1. The van der Waals surface area contributed by atoms with E-state index < -0.39 is 16.0 Å². The third-order valence-electron chi connectivity index (χ3n) is 2.37.